The van der Waals surface area contributed by atoms with Crippen LogP contribution in [0.4, 0.5) is 10.1 Å². The van der Waals surface area contributed by atoms with Crippen molar-refractivity contribution >= 4 is 40.7 Å². The van der Waals surface area contributed by atoms with E-state index < -0.39 is 23.2 Å². The first-order chi connectivity index (χ1) is 11.4. The minimum Gasteiger partial charge on any atom is -0.354 e. The van der Waals surface area contributed by atoms with Crippen molar-refractivity contribution in [2.75, 3.05) is 12.4 Å². The fraction of sp³-hybridized carbons (Fsp3) is 0.0714. The third-order valence-electron chi connectivity index (χ3n) is 2.85. The van der Waals surface area contributed by atoms with Gasteiger partial charge in [-0.25, -0.2) is 4.39 Å². The summed E-state index contributed by atoms with van der Waals surface area (Å²) in [4.78, 5) is 24.0. The minimum absolute atomic E-state index is 0.0336. The predicted octanol–water partition coefficient (Wildman–Crippen LogP) is 2.41. The van der Waals surface area contributed by atoms with E-state index in [2.05, 4.69) is 20.8 Å². The Kier molecular flexibility index (Phi) is 5.28. The highest BCUT2D eigenvalue weighted by Crippen LogP contribution is 2.24. The van der Waals surface area contributed by atoms with Crippen LogP contribution in [0, 0.1) is 17.1 Å². The largest absolute Gasteiger partial charge is 0.354 e. The van der Waals surface area contributed by atoms with Crippen LogP contribution in [0.1, 0.15) is 26.4 Å². The van der Waals surface area contributed by atoms with E-state index in [0.29, 0.717) is 0 Å². The van der Waals surface area contributed by atoms with Gasteiger partial charge in [-0.3, -0.25) is 9.59 Å². The van der Waals surface area contributed by atoms with E-state index in [1.165, 1.54) is 13.1 Å². The number of benzene rings is 1. The lowest BCUT2D eigenvalue weighted by molar-refractivity contribution is 0.0958. The van der Waals surface area contributed by atoms with E-state index >= 15 is 0 Å². The maximum absolute atomic E-state index is 14.0. The summed E-state index contributed by atoms with van der Waals surface area (Å²) >= 11 is 11.6. The Balaban J connectivity index is 2.43. The molecule has 0 aliphatic rings. The first kappa shape index (κ1) is 17.6. The van der Waals surface area contributed by atoms with Crippen LogP contribution < -0.4 is 10.6 Å². The molecule has 1 aromatic carbocycles. The van der Waals surface area contributed by atoms with Crippen molar-refractivity contribution in [3.8, 4) is 6.07 Å². The number of rotatable bonds is 3. The number of carbonyl (C=O) groups excluding carboxylic acids is 2. The molecule has 0 unspecified atom stereocenters. The average molecular weight is 368 g/mol. The number of carbonyl (C=O) groups is 2. The Morgan fingerprint density at radius 2 is 1.92 bits per heavy atom. The molecule has 0 atom stereocenters. The van der Waals surface area contributed by atoms with Crippen molar-refractivity contribution in [3.05, 3.63) is 51.0 Å². The van der Waals surface area contributed by atoms with Crippen LogP contribution in [0.25, 0.3) is 0 Å². The fourth-order valence-corrected chi connectivity index (χ4v) is 2.23. The number of nitrogens with zero attached hydrogens (tertiary/aromatic N) is 3. The molecule has 10 heteroatoms. The summed E-state index contributed by atoms with van der Waals surface area (Å²) in [6.07, 6.45) is 0. The molecule has 0 saturated carbocycles. The third kappa shape index (κ3) is 3.59. The van der Waals surface area contributed by atoms with E-state index in [1.807, 2.05) is 0 Å². The van der Waals surface area contributed by atoms with Gasteiger partial charge < -0.3 is 10.6 Å². The number of amides is 2. The summed E-state index contributed by atoms with van der Waals surface area (Å²) in [5, 5.41) is 20.2. The first-order valence-corrected chi connectivity index (χ1v) is 7.08. The van der Waals surface area contributed by atoms with E-state index in [0.717, 1.165) is 12.1 Å². The smallest absolute Gasteiger partial charge is 0.273 e. The van der Waals surface area contributed by atoms with Crippen molar-refractivity contribution in [1.82, 2.24) is 15.5 Å². The summed E-state index contributed by atoms with van der Waals surface area (Å²) < 4.78 is 14.0. The number of nitrogens with one attached hydrogen (secondary N) is 2. The van der Waals surface area contributed by atoms with Gasteiger partial charge in [0.25, 0.3) is 11.8 Å². The third-order valence-corrected chi connectivity index (χ3v) is 3.34. The molecule has 2 amide bonds. The molecule has 0 bridgehead atoms. The molecule has 0 aliphatic heterocycles. The second kappa shape index (κ2) is 7.21. The van der Waals surface area contributed by atoms with Crippen LogP contribution in [-0.2, 0) is 0 Å². The van der Waals surface area contributed by atoms with Crippen LogP contribution >= 0.6 is 23.2 Å². The first-order valence-electron chi connectivity index (χ1n) is 6.33. The molecule has 0 fully saturated rings. The average Bonchev–Trinajstić information content (AvgIpc) is 2.53. The van der Waals surface area contributed by atoms with Gasteiger partial charge in [-0.05, 0) is 12.1 Å². The molecular weight excluding hydrogens is 360 g/mol. The maximum Gasteiger partial charge on any atom is 0.273 e. The van der Waals surface area contributed by atoms with Gasteiger partial charge in [-0.15, -0.1) is 10.2 Å². The number of hydrogen-bond donors (Lipinski definition) is 2. The molecule has 0 aliphatic carbocycles. The Bertz CT molecular complexity index is 859. The summed E-state index contributed by atoms with van der Waals surface area (Å²) in [6.45, 7) is 0. The van der Waals surface area contributed by atoms with Crippen molar-refractivity contribution < 1.29 is 14.0 Å². The van der Waals surface area contributed by atoms with Crippen LogP contribution in [0.5, 0.6) is 0 Å². The lowest BCUT2D eigenvalue weighted by Gasteiger charge is -2.11. The quantitative estimate of drug-likeness (QED) is 0.865. The van der Waals surface area contributed by atoms with Crippen LogP contribution in [0.2, 0.25) is 10.2 Å². The highest BCUT2D eigenvalue weighted by molar-refractivity contribution is 6.34. The zero-order valence-electron chi connectivity index (χ0n) is 12.0. The lowest BCUT2D eigenvalue weighted by Crippen LogP contribution is -2.24. The molecule has 0 radical (unpaired) electrons. The van der Waals surface area contributed by atoms with Crippen LogP contribution in [0.15, 0.2) is 18.2 Å². The molecular formula is C14H8Cl2FN5O2. The zero-order valence-corrected chi connectivity index (χ0v) is 13.5. The van der Waals surface area contributed by atoms with Gasteiger partial charge >= 0.3 is 0 Å². The van der Waals surface area contributed by atoms with Crippen molar-refractivity contribution in [2.45, 2.75) is 0 Å². The number of hydrogen-bond acceptors (Lipinski definition) is 5. The number of nitriles is 1. The van der Waals surface area contributed by atoms with E-state index in [1.54, 1.807) is 6.07 Å². The highest BCUT2D eigenvalue weighted by atomic mass is 35.5. The predicted molar refractivity (Wildman–Crippen MR) is 84.5 cm³/mol. The Hall–Kier alpha value is -2.76. The van der Waals surface area contributed by atoms with Gasteiger partial charge in [0.1, 0.15) is 5.82 Å². The summed E-state index contributed by atoms with van der Waals surface area (Å²) in [5.74, 6) is -2.54. The van der Waals surface area contributed by atoms with Gasteiger partial charge in [0, 0.05) is 13.1 Å². The fourth-order valence-electron chi connectivity index (χ4n) is 1.79. The molecule has 24 heavy (non-hydrogen) atoms. The molecule has 0 spiro atoms. The topological polar surface area (TPSA) is 108 Å². The van der Waals surface area contributed by atoms with E-state index in [9.17, 15) is 14.0 Å². The number of aromatic nitrogens is 2. The van der Waals surface area contributed by atoms with Crippen LogP contribution in [-0.4, -0.2) is 29.1 Å². The minimum atomic E-state index is -0.980. The number of anilines is 1. The number of halogens is 3. The van der Waals surface area contributed by atoms with Crippen molar-refractivity contribution in [2.24, 2.45) is 0 Å². The van der Waals surface area contributed by atoms with E-state index in [-0.39, 0.29) is 27.1 Å². The van der Waals surface area contributed by atoms with Gasteiger partial charge in [-0.1, -0.05) is 23.2 Å². The lowest BCUT2D eigenvalue weighted by atomic mass is 10.1. The SMILES string of the molecule is CNC(=O)c1nnc(Cl)cc1NC(=O)c1c(F)cc(C#N)cc1Cl. The molecule has 122 valence electrons. The normalized spacial score (nSPS) is 9.96. The molecule has 1 heterocycles. The molecule has 2 N–H and O–H groups in total. The summed E-state index contributed by atoms with van der Waals surface area (Å²) in [5.41, 5.74) is -0.792. The highest BCUT2D eigenvalue weighted by Gasteiger charge is 2.21. The second-order valence-electron chi connectivity index (χ2n) is 4.39. The van der Waals surface area contributed by atoms with E-state index in [4.69, 9.17) is 28.5 Å². The monoisotopic (exact) mass is 367 g/mol. The molecule has 7 nitrogen and oxygen atoms in total. The molecule has 2 aromatic rings. The molecule has 0 saturated heterocycles. The molecule has 1 aromatic heterocycles. The van der Waals surface area contributed by atoms with Crippen molar-refractivity contribution in [1.29, 1.82) is 5.26 Å². The maximum atomic E-state index is 14.0. The van der Waals surface area contributed by atoms with Gasteiger partial charge in [0.15, 0.2) is 10.8 Å². The summed E-state index contributed by atoms with van der Waals surface area (Å²) in [7, 11) is 1.36. The van der Waals surface area contributed by atoms with Crippen molar-refractivity contribution in [3.63, 3.8) is 0 Å². The van der Waals surface area contributed by atoms with Crippen LogP contribution in [0.3, 0.4) is 0 Å². The molecule has 2 rings (SSSR count). The second-order valence-corrected chi connectivity index (χ2v) is 5.18. The standard InChI is InChI=1S/C14H8Cl2FN5O2/c1-19-14(24)12-9(4-10(16)21-22-12)20-13(23)11-7(15)2-6(5-18)3-8(11)17/h2-4H,1H3,(H,19,24)(H,20,21,23). The van der Waals surface area contributed by atoms with Gasteiger partial charge in [-0.2, -0.15) is 5.26 Å². The summed E-state index contributed by atoms with van der Waals surface area (Å²) in [6, 6.07) is 4.93. The van der Waals surface area contributed by atoms with Gasteiger partial charge in [0.2, 0.25) is 0 Å². The Morgan fingerprint density at radius 1 is 1.21 bits per heavy atom. The Morgan fingerprint density at radius 3 is 2.50 bits per heavy atom. The Labute approximate surface area is 145 Å². The van der Waals surface area contributed by atoms with Gasteiger partial charge in [0.05, 0.1) is 27.9 Å². The zero-order chi connectivity index (χ0) is 17.9.